The summed E-state index contributed by atoms with van der Waals surface area (Å²) < 4.78 is 6.38. The standard InChI is InChI=1S/C54H35NO/c1-3-15-36(16-4-1)38-19-11-22-41(33-38)55(42-23-12-20-39(34-42)37-17-5-2-6-18-37)43-24-13-21-40(35-43)44-28-14-29-46-48-31-32-51-54(49-27-9-10-30-50(49)56-51)53(48)47-26-8-7-25-45(47)52(44)46/h1-35H. The van der Waals surface area contributed by atoms with Gasteiger partial charge >= 0.3 is 0 Å². The molecule has 0 radical (unpaired) electrons. The summed E-state index contributed by atoms with van der Waals surface area (Å²) in [5, 5.41) is 9.74. The molecule has 11 aromatic rings. The SMILES string of the molecule is c1ccc(-c2cccc(N(c3cccc(-c4ccccc4)c3)c3cccc(-c4cccc5c6ccc7oc8ccccc8c7c6c6ccccc6c45)c3)c2)cc1. The molecule has 0 aliphatic heterocycles. The van der Waals surface area contributed by atoms with Gasteiger partial charge in [-0.05, 0) is 115 Å². The molecule has 0 unspecified atom stereocenters. The second-order valence-corrected chi connectivity index (χ2v) is 14.5. The van der Waals surface area contributed by atoms with E-state index in [4.69, 9.17) is 4.42 Å². The summed E-state index contributed by atoms with van der Waals surface area (Å²) in [6.45, 7) is 0. The highest BCUT2D eigenvalue weighted by molar-refractivity contribution is 6.36. The van der Waals surface area contributed by atoms with E-state index in [1.165, 1.54) is 65.5 Å². The van der Waals surface area contributed by atoms with E-state index in [9.17, 15) is 0 Å². The molecule has 0 saturated heterocycles. The lowest BCUT2D eigenvalue weighted by atomic mass is 9.88. The topological polar surface area (TPSA) is 16.4 Å². The second-order valence-electron chi connectivity index (χ2n) is 14.5. The molecule has 0 aliphatic rings. The fourth-order valence-electron chi connectivity index (χ4n) is 8.72. The van der Waals surface area contributed by atoms with Crippen molar-refractivity contribution in [2.45, 2.75) is 0 Å². The first-order valence-corrected chi connectivity index (χ1v) is 19.2. The van der Waals surface area contributed by atoms with E-state index < -0.39 is 0 Å². The van der Waals surface area contributed by atoms with Crippen molar-refractivity contribution in [1.29, 1.82) is 0 Å². The third-order valence-electron chi connectivity index (χ3n) is 11.2. The van der Waals surface area contributed by atoms with Crippen LogP contribution in [0.25, 0.3) is 87.6 Å². The van der Waals surface area contributed by atoms with Crippen LogP contribution in [0.2, 0.25) is 0 Å². The van der Waals surface area contributed by atoms with E-state index >= 15 is 0 Å². The predicted molar refractivity (Wildman–Crippen MR) is 237 cm³/mol. The summed E-state index contributed by atoms with van der Waals surface area (Å²) in [6, 6.07) is 76.4. The quantitative estimate of drug-likeness (QED) is 0.160. The monoisotopic (exact) mass is 713 g/mol. The minimum absolute atomic E-state index is 0.915. The van der Waals surface area contributed by atoms with Crippen molar-refractivity contribution in [2.24, 2.45) is 0 Å². The zero-order valence-electron chi connectivity index (χ0n) is 30.6. The van der Waals surface area contributed by atoms with Crippen molar-refractivity contribution in [3.05, 3.63) is 212 Å². The molecule has 0 saturated carbocycles. The van der Waals surface area contributed by atoms with E-state index in [0.29, 0.717) is 0 Å². The molecule has 1 heterocycles. The van der Waals surface area contributed by atoms with Crippen LogP contribution < -0.4 is 4.90 Å². The van der Waals surface area contributed by atoms with Crippen LogP contribution in [0.15, 0.2) is 217 Å². The molecule has 1 aromatic heterocycles. The van der Waals surface area contributed by atoms with Gasteiger partial charge in [0.1, 0.15) is 11.2 Å². The Kier molecular flexibility index (Phi) is 7.53. The van der Waals surface area contributed by atoms with E-state index in [2.05, 4.69) is 211 Å². The molecule has 56 heavy (non-hydrogen) atoms. The molecule has 0 atom stereocenters. The summed E-state index contributed by atoms with van der Waals surface area (Å²) in [5.41, 5.74) is 12.2. The average Bonchev–Trinajstić information content (AvgIpc) is 3.66. The summed E-state index contributed by atoms with van der Waals surface area (Å²) in [6.07, 6.45) is 0. The van der Waals surface area contributed by atoms with Crippen LogP contribution in [0, 0.1) is 0 Å². The van der Waals surface area contributed by atoms with Gasteiger partial charge in [-0.3, -0.25) is 0 Å². The number of anilines is 3. The molecule has 0 fully saturated rings. The van der Waals surface area contributed by atoms with Gasteiger partial charge in [0.2, 0.25) is 0 Å². The smallest absolute Gasteiger partial charge is 0.136 e. The van der Waals surface area contributed by atoms with Gasteiger partial charge in [-0.15, -0.1) is 0 Å². The molecule has 262 valence electrons. The Morgan fingerprint density at radius 1 is 0.268 bits per heavy atom. The molecule has 2 heteroatoms. The lowest BCUT2D eigenvalue weighted by Crippen LogP contribution is -2.10. The number of hydrogen-bond acceptors (Lipinski definition) is 2. The van der Waals surface area contributed by atoms with Crippen LogP contribution in [0.3, 0.4) is 0 Å². The maximum absolute atomic E-state index is 6.38. The van der Waals surface area contributed by atoms with Crippen LogP contribution in [0.5, 0.6) is 0 Å². The van der Waals surface area contributed by atoms with Crippen molar-refractivity contribution in [3.8, 4) is 33.4 Å². The lowest BCUT2D eigenvalue weighted by Gasteiger charge is -2.27. The van der Waals surface area contributed by atoms with Gasteiger partial charge in [0.15, 0.2) is 0 Å². The largest absolute Gasteiger partial charge is 0.456 e. The van der Waals surface area contributed by atoms with Crippen molar-refractivity contribution < 1.29 is 4.42 Å². The fourth-order valence-corrected chi connectivity index (χ4v) is 8.72. The predicted octanol–water partition coefficient (Wildman–Crippen LogP) is 15.5. The molecule has 2 nitrogen and oxygen atoms in total. The Balaban J connectivity index is 1.14. The van der Waals surface area contributed by atoms with Crippen LogP contribution in [-0.4, -0.2) is 0 Å². The van der Waals surface area contributed by atoms with Crippen LogP contribution in [-0.2, 0) is 0 Å². The molecular formula is C54H35NO. The molecule has 0 aliphatic carbocycles. The van der Waals surface area contributed by atoms with Gasteiger partial charge in [0.05, 0.1) is 0 Å². The Hall–Kier alpha value is -7.42. The average molecular weight is 714 g/mol. The van der Waals surface area contributed by atoms with E-state index in [1.54, 1.807) is 0 Å². The molecule has 0 N–H and O–H groups in total. The van der Waals surface area contributed by atoms with Gasteiger partial charge in [0, 0.05) is 33.2 Å². The van der Waals surface area contributed by atoms with Crippen LogP contribution in [0.1, 0.15) is 0 Å². The first kappa shape index (κ1) is 32.0. The van der Waals surface area contributed by atoms with Gasteiger partial charge < -0.3 is 9.32 Å². The molecule has 11 rings (SSSR count). The molecule has 0 spiro atoms. The highest BCUT2D eigenvalue weighted by Gasteiger charge is 2.20. The zero-order chi connectivity index (χ0) is 37.0. The minimum Gasteiger partial charge on any atom is -0.456 e. The molecule has 10 aromatic carbocycles. The zero-order valence-corrected chi connectivity index (χ0v) is 30.6. The van der Waals surface area contributed by atoms with Gasteiger partial charge in [0.25, 0.3) is 0 Å². The number of fused-ring (bicyclic) bond motifs is 10. The van der Waals surface area contributed by atoms with Crippen molar-refractivity contribution in [1.82, 2.24) is 0 Å². The first-order chi connectivity index (χ1) is 27.8. The first-order valence-electron chi connectivity index (χ1n) is 19.2. The number of para-hydroxylation sites is 1. The second kappa shape index (κ2) is 13.2. The summed E-state index contributed by atoms with van der Waals surface area (Å²) in [5.74, 6) is 0. The van der Waals surface area contributed by atoms with E-state index in [-0.39, 0.29) is 0 Å². The fraction of sp³-hybridized carbons (Fsp3) is 0. The summed E-state index contributed by atoms with van der Waals surface area (Å²) in [4.78, 5) is 2.39. The van der Waals surface area contributed by atoms with Crippen molar-refractivity contribution in [2.75, 3.05) is 4.90 Å². The third-order valence-corrected chi connectivity index (χ3v) is 11.2. The van der Waals surface area contributed by atoms with Crippen molar-refractivity contribution in [3.63, 3.8) is 0 Å². The summed E-state index contributed by atoms with van der Waals surface area (Å²) in [7, 11) is 0. The van der Waals surface area contributed by atoms with Crippen LogP contribution >= 0.6 is 0 Å². The van der Waals surface area contributed by atoms with E-state index in [1.807, 2.05) is 6.07 Å². The molecular weight excluding hydrogens is 679 g/mol. The summed E-state index contributed by atoms with van der Waals surface area (Å²) >= 11 is 0. The molecule has 0 amide bonds. The minimum atomic E-state index is 0.915. The lowest BCUT2D eigenvalue weighted by molar-refractivity contribution is 0.669. The number of furan rings is 1. The Morgan fingerprint density at radius 3 is 1.34 bits per heavy atom. The third kappa shape index (κ3) is 5.26. The maximum atomic E-state index is 6.38. The highest BCUT2D eigenvalue weighted by Crippen LogP contribution is 2.46. The van der Waals surface area contributed by atoms with Crippen molar-refractivity contribution >= 4 is 71.3 Å². The number of rotatable bonds is 6. The maximum Gasteiger partial charge on any atom is 0.136 e. The number of nitrogens with zero attached hydrogens (tertiary/aromatic N) is 1. The Bertz CT molecular complexity index is 3140. The van der Waals surface area contributed by atoms with Gasteiger partial charge in [-0.1, -0.05) is 158 Å². The highest BCUT2D eigenvalue weighted by atomic mass is 16.3. The van der Waals surface area contributed by atoms with Gasteiger partial charge in [-0.25, -0.2) is 0 Å². The van der Waals surface area contributed by atoms with Crippen LogP contribution in [0.4, 0.5) is 17.1 Å². The van der Waals surface area contributed by atoms with E-state index in [0.717, 1.165) is 39.2 Å². The normalized spacial score (nSPS) is 11.6. The number of hydrogen-bond donors (Lipinski definition) is 0. The Morgan fingerprint density at radius 2 is 0.714 bits per heavy atom. The molecule has 0 bridgehead atoms. The Labute approximate surface area is 325 Å². The van der Waals surface area contributed by atoms with Gasteiger partial charge in [-0.2, -0.15) is 0 Å². The number of benzene rings is 10.